The van der Waals surface area contributed by atoms with Gasteiger partial charge in [-0.3, -0.25) is 4.79 Å². The fraction of sp³-hybridized carbons (Fsp3) is 0.182. The molecule has 2 aromatic heterocycles. The van der Waals surface area contributed by atoms with E-state index in [-0.39, 0.29) is 11.6 Å². The highest BCUT2D eigenvalue weighted by atomic mass is 19.1. The van der Waals surface area contributed by atoms with Crippen LogP contribution in [-0.4, -0.2) is 32.4 Å². The topological polar surface area (TPSA) is 84.7 Å². The van der Waals surface area contributed by atoms with Crippen LogP contribution in [0, 0.1) is 18.6 Å². The van der Waals surface area contributed by atoms with Crippen molar-refractivity contribution in [1.29, 1.82) is 0 Å². The maximum Gasteiger partial charge on any atom is 0.251 e. The van der Waals surface area contributed by atoms with E-state index >= 15 is 0 Å². The Morgan fingerprint density at radius 3 is 2.74 bits per heavy atom. The molecule has 31 heavy (non-hydrogen) atoms. The molecule has 2 N–H and O–H groups in total. The second-order valence-corrected chi connectivity index (χ2v) is 7.05. The van der Waals surface area contributed by atoms with Gasteiger partial charge in [-0.15, -0.1) is 5.10 Å². The normalized spacial score (nSPS) is 11.0. The lowest BCUT2D eigenvalue weighted by atomic mass is 10.1. The molecule has 0 atom stereocenters. The molecule has 1 amide bonds. The van der Waals surface area contributed by atoms with Crippen molar-refractivity contribution in [3.05, 3.63) is 71.6 Å². The molecular formula is C22H20F2N6O. The van der Waals surface area contributed by atoms with E-state index in [2.05, 4.69) is 25.9 Å². The number of fused-ring (bicyclic) bond motifs is 1. The molecule has 0 saturated carbocycles. The predicted octanol–water partition coefficient (Wildman–Crippen LogP) is 4.29. The van der Waals surface area contributed by atoms with E-state index in [9.17, 15) is 13.6 Å². The summed E-state index contributed by atoms with van der Waals surface area (Å²) in [7, 11) is 0. The van der Waals surface area contributed by atoms with Gasteiger partial charge in [-0.2, -0.15) is 10.2 Å². The van der Waals surface area contributed by atoms with Crippen LogP contribution in [-0.2, 0) is 0 Å². The smallest absolute Gasteiger partial charge is 0.251 e. The van der Waals surface area contributed by atoms with E-state index in [0.717, 1.165) is 24.1 Å². The first-order valence-corrected chi connectivity index (χ1v) is 9.78. The number of rotatable bonds is 6. The molecule has 0 aliphatic heterocycles. The SMILES string of the molecule is CCCNC(=O)c1ccc(C)c(Nc2nncc3c2cnn3-c2ccc(F)cc2F)c1. The number of carbonyl (C=O) groups is 1. The van der Waals surface area contributed by atoms with Gasteiger partial charge in [0, 0.05) is 23.9 Å². The Hall–Kier alpha value is -3.88. The summed E-state index contributed by atoms with van der Waals surface area (Å²) in [4.78, 5) is 12.3. The fourth-order valence-corrected chi connectivity index (χ4v) is 3.16. The number of amides is 1. The van der Waals surface area contributed by atoms with Gasteiger partial charge in [0.25, 0.3) is 5.91 Å². The molecule has 7 nitrogen and oxygen atoms in total. The second kappa shape index (κ2) is 8.47. The van der Waals surface area contributed by atoms with Crippen molar-refractivity contribution in [1.82, 2.24) is 25.3 Å². The molecule has 0 fully saturated rings. The predicted molar refractivity (Wildman–Crippen MR) is 114 cm³/mol. The highest BCUT2D eigenvalue weighted by Crippen LogP contribution is 2.28. The number of hydrogen-bond donors (Lipinski definition) is 2. The minimum Gasteiger partial charge on any atom is -0.352 e. The lowest BCUT2D eigenvalue weighted by Gasteiger charge is -2.12. The molecule has 0 aliphatic rings. The number of nitrogens with one attached hydrogen (secondary N) is 2. The number of aromatic nitrogens is 4. The van der Waals surface area contributed by atoms with E-state index in [1.165, 1.54) is 23.1 Å². The highest BCUT2D eigenvalue weighted by molar-refractivity contribution is 5.96. The molecular weight excluding hydrogens is 402 g/mol. The largest absolute Gasteiger partial charge is 0.352 e. The average Bonchev–Trinajstić information content (AvgIpc) is 3.18. The van der Waals surface area contributed by atoms with Crippen molar-refractivity contribution in [3.8, 4) is 5.69 Å². The Morgan fingerprint density at radius 1 is 1.13 bits per heavy atom. The Balaban J connectivity index is 1.70. The molecule has 0 saturated heterocycles. The highest BCUT2D eigenvalue weighted by Gasteiger charge is 2.15. The standard InChI is InChI=1S/C22H20F2N6O/c1-3-8-25-22(31)14-5-4-13(2)18(9-14)28-21-16-11-27-30(20(16)12-26-29-21)19-7-6-15(23)10-17(19)24/h4-7,9-12H,3,8H2,1-2H3,(H,25,31)(H,28,29). The maximum absolute atomic E-state index is 14.3. The summed E-state index contributed by atoms with van der Waals surface area (Å²) in [5.41, 5.74) is 2.71. The van der Waals surface area contributed by atoms with E-state index in [1.54, 1.807) is 12.1 Å². The van der Waals surface area contributed by atoms with Crippen LogP contribution in [0.2, 0.25) is 0 Å². The molecule has 0 aliphatic carbocycles. The Bertz CT molecular complexity index is 1270. The number of carbonyl (C=O) groups excluding carboxylic acids is 1. The monoisotopic (exact) mass is 422 g/mol. The van der Waals surface area contributed by atoms with Crippen molar-refractivity contribution < 1.29 is 13.6 Å². The van der Waals surface area contributed by atoms with Gasteiger partial charge in [0.1, 0.15) is 11.5 Å². The van der Waals surface area contributed by atoms with Gasteiger partial charge in [-0.25, -0.2) is 13.5 Å². The zero-order chi connectivity index (χ0) is 22.0. The Kier molecular flexibility index (Phi) is 5.57. The molecule has 4 aromatic rings. The van der Waals surface area contributed by atoms with Gasteiger partial charge >= 0.3 is 0 Å². The van der Waals surface area contributed by atoms with Crippen LogP contribution in [0.25, 0.3) is 16.6 Å². The molecule has 9 heteroatoms. The third kappa shape index (κ3) is 4.07. The van der Waals surface area contributed by atoms with Crippen molar-refractivity contribution in [3.63, 3.8) is 0 Å². The summed E-state index contributed by atoms with van der Waals surface area (Å²) < 4.78 is 28.9. The average molecular weight is 422 g/mol. The minimum atomic E-state index is -0.738. The van der Waals surface area contributed by atoms with Gasteiger partial charge < -0.3 is 10.6 Å². The number of hydrogen-bond acceptors (Lipinski definition) is 5. The summed E-state index contributed by atoms with van der Waals surface area (Å²) in [5, 5.41) is 19.0. The molecule has 2 aromatic carbocycles. The second-order valence-electron chi connectivity index (χ2n) is 7.05. The van der Waals surface area contributed by atoms with Gasteiger partial charge in [-0.05, 0) is 43.2 Å². The fourth-order valence-electron chi connectivity index (χ4n) is 3.16. The van der Waals surface area contributed by atoms with Crippen molar-refractivity contribution in [2.75, 3.05) is 11.9 Å². The zero-order valence-corrected chi connectivity index (χ0v) is 17.0. The van der Waals surface area contributed by atoms with Crippen LogP contribution in [0.15, 0.2) is 48.8 Å². The maximum atomic E-state index is 14.3. The van der Waals surface area contributed by atoms with Crippen LogP contribution < -0.4 is 10.6 Å². The molecule has 2 heterocycles. The lowest BCUT2D eigenvalue weighted by molar-refractivity contribution is 0.0953. The number of nitrogens with zero attached hydrogens (tertiary/aromatic N) is 4. The van der Waals surface area contributed by atoms with Gasteiger partial charge in [0.15, 0.2) is 11.6 Å². The number of anilines is 2. The van der Waals surface area contributed by atoms with E-state index in [0.29, 0.717) is 34.5 Å². The first kappa shape index (κ1) is 20.4. The van der Waals surface area contributed by atoms with Crippen LogP contribution >= 0.6 is 0 Å². The quantitative estimate of drug-likeness (QED) is 0.484. The third-order valence-electron chi connectivity index (χ3n) is 4.83. The molecule has 0 bridgehead atoms. The van der Waals surface area contributed by atoms with Crippen molar-refractivity contribution >= 4 is 28.3 Å². The summed E-state index contributed by atoms with van der Waals surface area (Å²) in [6.07, 6.45) is 3.83. The third-order valence-corrected chi connectivity index (χ3v) is 4.83. The van der Waals surface area contributed by atoms with Crippen LogP contribution in [0.4, 0.5) is 20.3 Å². The first-order valence-electron chi connectivity index (χ1n) is 9.78. The molecule has 4 rings (SSSR count). The van der Waals surface area contributed by atoms with Crippen LogP contribution in [0.5, 0.6) is 0 Å². The molecule has 0 spiro atoms. The van der Waals surface area contributed by atoms with Gasteiger partial charge in [0.05, 0.1) is 23.3 Å². The Morgan fingerprint density at radius 2 is 1.97 bits per heavy atom. The van der Waals surface area contributed by atoms with Gasteiger partial charge in [0.2, 0.25) is 0 Å². The van der Waals surface area contributed by atoms with E-state index in [1.807, 2.05) is 19.9 Å². The molecule has 0 radical (unpaired) electrons. The zero-order valence-electron chi connectivity index (χ0n) is 17.0. The minimum absolute atomic E-state index is 0.0983. The molecule has 158 valence electrons. The van der Waals surface area contributed by atoms with Gasteiger partial charge in [-0.1, -0.05) is 13.0 Å². The summed E-state index contributed by atoms with van der Waals surface area (Å²) >= 11 is 0. The van der Waals surface area contributed by atoms with Crippen molar-refractivity contribution in [2.24, 2.45) is 0 Å². The van der Waals surface area contributed by atoms with Crippen LogP contribution in [0.3, 0.4) is 0 Å². The number of halogens is 2. The Labute approximate surface area is 177 Å². The van der Waals surface area contributed by atoms with Crippen molar-refractivity contribution in [2.45, 2.75) is 20.3 Å². The molecule has 0 unspecified atom stereocenters. The summed E-state index contributed by atoms with van der Waals surface area (Å²) in [6, 6.07) is 8.62. The first-order chi connectivity index (χ1) is 15.0. The lowest BCUT2D eigenvalue weighted by Crippen LogP contribution is -2.24. The summed E-state index contributed by atoms with van der Waals surface area (Å²) in [5.74, 6) is -1.16. The number of aryl methyl sites for hydroxylation is 1. The van der Waals surface area contributed by atoms with E-state index in [4.69, 9.17) is 0 Å². The van der Waals surface area contributed by atoms with Crippen LogP contribution in [0.1, 0.15) is 29.3 Å². The summed E-state index contributed by atoms with van der Waals surface area (Å²) in [6.45, 7) is 4.49. The van der Waals surface area contributed by atoms with E-state index < -0.39 is 11.6 Å². The number of benzene rings is 2.